The third kappa shape index (κ3) is 10.5. The van der Waals surface area contributed by atoms with Gasteiger partial charge in [0.25, 0.3) is 5.91 Å². The second-order valence-corrected chi connectivity index (χ2v) is 18.1. The number of nitrogens with zero attached hydrogens (tertiary/aromatic N) is 2. The van der Waals surface area contributed by atoms with E-state index >= 15 is 8.78 Å². The summed E-state index contributed by atoms with van der Waals surface area (Å²) in [6.07, 6.45) is 3.52. The molecule has 3 aliphatic heterocycles. The second kappa shape index (κ2) is 18.7. The van der Waals surface area contributed by atoms with Crippen LogP contribution in [0.2, 0.25) is 5.02 Å². The number of anilines is 2. The van der Waals surface area contributed by atoms with Gasteiger partial charge in [-0.05, 0) is 103 Å². The number of ether oxygens (including phenoxy) is 6. The van der Waals surface area contributed by atoms with Gasteiger partial charge in [0.1, 0.15) is 35.2 Å². The number of carbonyl (C=O) groups is 3. The van der Waals surface area contributed by atoms with Gasteiger partial charge >= 0.3 is 12.2 Å². The first-order valence-electron chi connectivity index (χ1n) is 21.1. The molecule has 2 saturated heterocycles. The Bertz CT molecular complexity index is 2320. The molecule has 0 aliphatic carbocycles. The zero-order valence-corrected chi connectivity index (χ0v) is 37.0. The Balaban J connectivity index is 1.28. The number of pyridine rings is 1. The van der Waals surface area contributed by atoms with Crippen LogP contribution < -0.4 is 20.1 Å². The van der Waals surface area contributed by atoms with Gasteiger partial charge in [-0.2, -0.15) is 0 Å². The van der Waals surface area contributed by atoms with Gasteiger partial charge in [0.05, 0.1) is 35.1 Å². The molecule has 13 nitrogen and oxygen atoms in total. The second-order valence-electron chi connectivity index (χ2n) is 17.7. The topological polar surface area (TPSA) is 147 Å². The number of rotatable bonds is 11. The third-order valence-electron chi connectivity index (χ3n) is 10.7. The maximum absolute atomic E-state index is 17.4. The molecule has 2 fully saturated rings. The summed E-state index contributed by atoms with van der Waals surface area (Å²) in [5, 5.41) is 4.82. The van der Waals surface area contributed by atoms with Gasteiger partial charge in [0.2, 0.25) is 0 Å². The summed E-state index contributed by atoms with van der Waals surface area (Å²) < 4.78 is 69.0. The fourth-order valence-corrected chi connectivity index (χ4v) is 8.40. The number of benzene rings is 3. The quantitative estimate of drug-likeness (QED) is 0.140. The highest BCUT2D eigenvalue weighted by Gasteiger charge is 2.54. The van der Waals surface area contributed by atoms with Crippen LogP contribution >= 0.6 is 11.6 Å². The van der Waals surface area contributed by atoms with Gasteiger partial charge in [-0.1, -0.05) is 41.9 Å². The Labute approximate surface area is 370 Å². The lowest BCUT2D eigenvalue weighted by atomic mass is 9.79. The summed E-state index contributed by atoms with van der Waals surface area (Å²) >= 11 is 6.89. The summed E-state index contributed by atoms with van der Waals surface area (Å²) in [7, 11) is 0. The van der Waals surface area contributed by atoms with E-state index < -0.39 is 63.9 Å². The number of halogens is 3. The monoisotopic (exact) mass is 890 g/mol. The fraction of sp³-hybridized carbons (Fsp3) is 0.447. The highest BCUT2D eigenvalue weighted by molar-refractivity contribution is 6.34. The summed E-state index contributed by atoms with van der Waals surface area (Å²) in [5.74, 6) is -2.81. The van der Waals surface area contributed by atoms with Crippen molar-refractivity contribution in [2.75, 3.05) is 37.0 Å². The van der Waals surface area contributed by atoms with E-state index in [1.165, 1.54) is 30.5 Å². The predicted octanol–water partition coefficient (Wildman–Crippen LogP) is 10.4. The first-order valence-corrected chi connectivity index (χ1v) is 21.5. The fourth-order valence-electron chi connectivity index (χ4n) is 8.14. The van der Waals surface area contributed by atoms with Crippen molar-refractivity contribution in [2.24, 2.45) is 0 Å². The number of hydrogen-bond acceptors (Lipinski definition) is 10. The van der Waals surface area contributed by atoms with Gasteiger partial charge in [-0.3, -0.25) is 10.1 Å². The number of nitrogens with one attached hydrogen (secondary N) is 2. The lowest BCUT2D eigenvalue weighted by Crippen LogP contribution is -2.53. The van der Waals surface area contributed by atoms with Crippen LogP contribution in [0.5, 0.6) is 11.5 Å². The van der Waals surface area contributed by atoms with E-state index in [0.29, 0.717) is 42.8 Å². The molecule has 1 aromatic heterocycles. The summed E-state index contributed by atoms with van der Waals surface area (Å²) in [4.78, 5) is 46.3. The van der Waals surface area contributed by atoms with E-state index in [1.807, 2.05) is 30.3 Å². The van der Waals surface area contributed by atoms with Crippen molar-refractivity contribution in [1.29, 1.82) is 0 Å². The van der Waals surface area contributed by atoms with Crippen molar-refractivity contribution < 1.29 is 51.6 Å². The molecule has 0 radical (unpaired) electrons. The minimum Gasteiger partial charge on any atom is -0.488 e. The van der Waals surface area contributed by atoms with Crippen LogP contribution in [-0.2, 0) is 31.0 Å². The molecule has 0 bridgehead atoms. The van der Waals surface area contributed by atoms with Gasteiger partial charge in [-0.15, -0.1) is 0 Å². The largest absolute Gasteiger partial charge is 0.488 e. The van der Waals surface area contributed by atoms with E-state index in [4.69, 9.17) is 40.0 Å². The van der Waals surface area contributed by atoms with Crippen molar-refractivity contribution in [2.45, 2.75) is 109 Å². The highest BCUT2D eigenvalue weighted by Crippen LogP contribution is 2.54. The number of likely N-dealkylation sites (tertiary alicyclic amines) is 1. The molecule has 3 aromatic carbocycles. The molecule has 4 heterocycles. The molecular formula is C47H53ClF2N4O9. The van der Waals surface area contributed by atoms with E-state index in [-0.39, 0.29) is 53.6 Å². The molecular weight excluding hydrogens is 838 g/mol. The minimum atomic E-state index is -1.30. The Hall–Kier alpha value is -5.51. The molecule has 63 heavy (non-hydrogen) atoms. The molecule has 2 N–H and O–H groups in total. The molecule has 3 amide bonds. The molecule has 336 valence electrons. The molecule has 0 unspecified atom stereocenters. The summed E-state index contributed by atoms with van der Waals surface area (Å²) in [5.41, 5.74) is -2.17. The lowest BCUT2D eigenvalue weighted by molar-refractivity contribution is -0.165. The standard InChI is InChI=1S/C47H53ClF2N4O9/c1-45(2,3)62-43(56)52-29-17-20-36(51-27-29)53-42(55)30-18-19-33(58-23-24-60-37-16-10-11-22-59-37)41(50)39(30)38-31-26-47(28-13-8-7-9-14-28,61-34(31)25-32(49)40(38)48)35-15-12-21-54(35)44(57)63-46(4,5)6/h7-9,13-14,17-20,25,27,35,37H,10-12,15-16,21-24,26H2,1-6H3,(H,52,56)(H,51,53,55)/t35-,37-,47-/m0/s1. The van der Waals surface area contributed by atoms with Crippen LogP contribution in [0.25, 0.3) is 11.1 Å². The number of fused-ring (bicyclic) bond motifs is 1. The Morgan fingerprint density at radius 3 is 2.35 bits per heavy atom. The van der Waals surface area contributed by atoms with Crippen molar-refractivity contribution in [3.05, 3.63) is 100 Å². The normalized spacial score (nSPS) is 19.8. The van der Waals surface area contributed by atoms with Crippen molar-refractivity contribution in [3.63, 3.8) is 0 Å². The average molecular weight is 891 g/mol. The van der Waals surface area contributed by atoms with Crippen LogP contribution in [0, 0.1) is 11.6 Å². The smallest absolute Gasteiger partial charge is 0.412 e. The molecule has 4 aromatic rings. The highest BCUT2D eigenvalue weighted by atomic mass is 35.5. The first-order chi connectivity index (χ1) is 29.9. The molecule has 0 saturated carbocycles. The summed E-state index contributed by atoms with van der Waals surface area (Å²) in [6.45, 7) is 11.6. The molecule has 7 rings (SSSR count). The van der Waals surface area contributed by atoms with Gasteiger partial charge in [0, 0.05) is 42.3 Å². The van der Waals surface area contributed by atoms with E-state index in [1.54, 1.807) is 46.4 Å². The molecule has 0 spiro atoms. The van der Waals surface area contributed by atoms with Gasteiger partial charge in [0.15, 0.2) is 23.5 Å². The minimum absolute atomic E-state index is 0.0140. The van der Waals surface area contributed by atoms with Crippen LogP contribution in [0.4, 0.5) is 29.9 Å². The van der Waals surface area contributed by atoms with E-state index in [2.05, 4.69) is 15.6 Å². The van der Waals surface area contributed by atoms with Gasteiger partial charge < -0.3 is 38.6 Å². The maximum Gasteiger partial charge on any atom is 0.412 e. The maximum atomic E-state index is 17.4. The van der Waals surface area contributed by atoms with Crippen molar-refractivity contribution in [1.82, 2.24) is 9.88 Å². The summed E-state index contributed by atoms with van der Waals surface area (Å²) in [6, 6.07) is 15.4. The number of hydrogen-bond donors (Lipinski definition) is 2. The lowest BCUT2D eigenvalue weighted by Gasteiger charge is -2.40. The predicted molar refractivity (Wildman–Crippen MR) is 232 cm³/mol. The Morgan fingerprint density at radius 2 is 1.67 bits per heavy atom. The van der Waals surface area contributed by atoms with Gasteiger partial charge in [-0.25, -0.2) is 23.4 Å². The van der Waals surface area contributed by atoms with Crippen LogP contribution in [-0.4, -0.2) is 77.9 Å². The van der Waals surface area contributed by atoms with Crippen molar-refractivity contribution in [3.8, 4) is 22.6 Å². The Kier molecular flexibility index (Phi) is 13.5. The molecule has 16 heteroatoms. The van der Waals surface area contributed by atoms with Crippen LogP contribution in [0.1, 0.15) is 95.1 Å². The Morgan fingerprint density at radius 1 is 0.905 bits per heavy atom. The molecule has 3 aliphatic rings. The van der Waals surface area contributed by atoms with E-state index in [9.17, 15) is 14.4 Å². The van der Waals surface area contributed by atoms with Crippen molar-refractivity contribution >= 4 is 41.2 Å². The zero-order valence-electron chi connectivity index (χ0n) is 36.3. The van der Waals surface area contributed by atoms with Crippen LogP contribution in [0.3, 0.4) is 0 Å². The molecule has 3 atom stereocenters. The SMILES string of the molecule is CC(C)(C)OC(=O)Nc1ccc(NC(=O)c2ccc(OCCO[C@H]3CCCCO3)c(F)c2-c2c(Cl)c(F)cc3c2C[C@](c2ccccc2)([C@@H]2CCCN2C(=O)OC(C)(C)C)O3)nc1. The van der Waals surface area contributed by atoms with E-state index in [0.717, 1.165) is 25.3 Å². The third-order valence-corrected chi connectivity index (χ3v) is 11.1. The average Bonchev–Trinajstić information content (AvgIpc) is 3.88. The van der Waals surface area contributed by atoms with Crippen LogP contribution in [0.15, 0.2) is 66.9 Å². The zero-order chi connectivity index (χ0) is 45.1. The first kappa shape index (κ1) is 45.5. The number of aromatic nitrogens is 1. The number of carbonyl (C=O) groups excluding carboxylic acids is 3. The number of amides is 3.